The van der Waals surface area contributed by atoms with Gasteiger partial charge in [0, 0.05) is 13.1 Å². The minimum Gasteiger partial charge on any atom is -0.492 e. The molecule has 0 amide bonds. The molecule has 0 aromatic heterocycles. The Bertz CT molecular complexity index is 389. The van der Waals surface area contributed by atoms with E-state index in [4.69, 9.17) is 9.84 Å². The Morgan fingerprint density at radius 2 is 2.00 bits per heavy atom. The molecule has 4 nitrogen and oxygen atoms in total. The topological polar surface area (TPSA) is 49.8 Å². The van der Waals surface area contributed by atoms with Crippen LogP contribution in [0.5, 0.6) is 5.75 Å². The summed E-state index contributed by atoms with van der Waals surface area (Å²) in [7, 11) is 0. The van der Waals surface area contributed by atoms with Crippen molar-refractivity contribution in [2.45, 2.75) is 20.8 Å². The fourth-order valence-electron chi connectivity index (χ4n) is 1.77. The number of aliphatic carboxylic acids is 1. The van der Waals surface area contributed by atoms with E-state index in [1.807, 2.05) is 38.1 Å². The zero-order valence-electron chi connectivity index (χ0n) is 11.9. The van der Waals surface area contributed by atoms with Crippen molar-refractivity contribution < 1.29 is 14.6 Å². The highest BCUT2D eigenvalue weighted by molar-refractivity contribution is 5.69. The van der Waals surface area contributed by atoms with Crippen molar-refractivity contribution in [3.63, 3.8) is 0 Å². The van der Waals surface area contributed by atoms with Gasteiger partial charge in [-0.2, -0.15) is 0 Å². The van der Waals surface area contributed by atoms with Crippen LogP contribution in [0, 0.1) is 12.8 Å². The molecule has 1 unspecified atom stereocenters. The van der Waals surface area contributed by atoms with Crippen molar-refractivity contribution in [2.75, 3.05) is 26.2 Å². The van der Waals surface area contributed by atoms with Crippen molar-refractivity contribution in [1.82, 2.24) is 4.90 Å². The van der Waals surface area contributed by atoms with Gasteiger partial charge >= 0.3 is 5.97 Å². The highest BCUT2D eigenvalue weighted by Crippen LogP contribution is 2.11. The van der Waals surface area contributed by atoms with Crippen LogP contribution in [-0.2, 0) is 4.79 Å². The summed E-state index contributed by atoms with van der Waals surface area (Å²) in [5.41, 5.74) is 1.21. The third-order valence-electron chi connectivity index (χ3n) is 3.10. The molecule has 0 heterocycles. The lowest BCUT2D eigenvalue weighted by Crippen LogP contribution is -2.34. The normalized spacial score (nSPS) is 12.4. The summed E-state index contributed by atoms with van der Waals surface area (Å²) in [5.74, 6) is -0.245. The average Bonchev–Trinajstić information content (AvgIpc) is 2.39. The van der Waals surface area contributed by atoms with E-state index < -0.39 is 5.97 Å². The Balaban J connectivity index is 2.33. The van der Waals surface area contributed by atoms with E-state index in [-0.39, 0.29) is 5.92 Å². The lowest BCUT2D eigenvalue weighted by atomic mass is 10.2. The molecule has 0 radical (unpaired) electrons. The maximum atomic E-state index is 10.8. The standard InChI is InChI=1S/C15H23NO3/c1-4-16(11-13(3)15(17)18)9-10-19-14-7-5-12(2)6-8-14/h5-8,13H,4,9-11H2,1-3H3,(H,17,18). The summed E-state index contributed by atoms with van der Waals surface area (Å²) >= 11 is 0. The smallest absolute Gasteiger partial charge is 0.307 e. The monoisotopic (exact) mass is 265 g/mol. The number of hydrogen-bond acceptors (Lipinski definition) is 3. The molecule has 0 fully saturated rings. The summed E-state index contributed by atoms with van der Waals surface area (Å²) in [6.07, 6.45) is 0. The predicted octanol–water partition coefficient (Wildman–Crippen LogP) is 2.42. The average molecular weight is 265 g/mol. The molecular formula is C15H23NO3. The van der Waals surface area contributed by atoms with Gasteiger partial charge < -0.3 is 9.84 Å². The zero-order chi connectivity index (χ0) is 14.3. The molecular weight excluding hydrogens is 242 g/mol. The fraction of sp³-hybridized carbons (Fsp3) is 0.533. The van der Waals surface area contributed by atoms with Crippen LogP contribution in [0.4, 0.5) is 0 Å². The third-order valence-corrected chi connectivity index (χ3v) is 3.10. The quantitative estimate of drug-likeness (QED) is 0.784. The second kappa shape index (κ2) is 7.79. The summed E-state index contributed by atoms with van der Waals surface area (Å²) in [4.78, 5) is 12.9. The molecule has 19 heavy (non-hydrogen) atoms. The van der Waals surface area contributed by atoms with Crippen LogP contribution < -0.4 is 4.74 Å². The number of hydrogen-bond donors (Lipinski definition) is 1. The first-order valence-electron chi connectivity index (χ1n) is 6.67. The van der Waals surface area contributed by atoms with Gasteiger partial charge in [0.15, 0.2) is 0 Å². The van der Waals surface area contributed by atoms with Crippen LogP contribution >= 0.6 is 0 Å². The molecule has 1 rings (SSSR count). The van der Waals surface area contributed by atoms with Gasteiger partial charge in [0.05, 0.1) is 5.92 Å². The first-order valence-corrected chi connectivity index (χ1v) is 6.67. The fourth-order valence-corrected chi connectivity index (χ4v) is 1.77. The van der Waals surface area contributed by atoms with Crippen LogP contribution in [0.1, 0.15) is 19.4 Å². The lowest BCUT2D eigenvalue weighted by molar-refractivity contribution is -0.141. The highest BCUT2D eigenvalue weighted by atomic mass is 16.5. The highest BCUT2D eigenvalue weighted by Gasteiger charge is 2.14. The van der Waals surface area contributed by atoms with E-state index in [0.29, 0.717) is 13.2 Å². The molecule has 0 saturated carbocycles. The Labute approximate surface area is 115 Å². The van der Waals surface area contributed by atoms with E-state index >= 15 is 0 Å². The Morgan fingerprint density at radius 1 is 1.37 bits per heavy atom. The summed E-state index contributed by atoms with van der Waals surface area (Å²) in [6.45, 7) is 8.49. The number of benzene rings is 1. The van der Waals surface area contributed by atoms with Gasteiger partial charge in [-0.15, -0.1) is 0 Å². The molecule has 0 saturated heterocycles. The van der Waals surface area contributed by atoms with Gasteiger partial charge in [-0.05, 0) is 25.6 Å². The number of aryl methyl sites for hydroxylation is 1. The predicted molar refractivity (Wildman–Crippen MR) is 75.6 cm³/mol. The molecule has 1 aromatic carbocycles. The molecule has 1 aromatic rings. The zero-order valence-corrected chi connectivity index (χ0v) is 11.9. The SMILES string of the molecule is CCN(CCOc1ccc(C)cc1)CC(C)C(=O)O. The first-order chi connectivity index (χ1) is 9.02. The maximum absolute atomic E-state index is 10.8. The van der Waals surface area contributed by atoms with E-state index in [1.165, 1.54) is 5.56 Å². The minimum atomic E-state index is -0.752. The number of nitrogens with zero attached hydrogens (tertiary/aromatic N) is 1. The van der Waals surface area contributed by atoms with Crippen molar-refractivity contribution in [2.24, 2.45) is 5.92 Å². The van der Waals surface area contributed by atoms with Crippen LogP contribution in [-0.4, -0.2) is 42.2 Å². The molecule has 0 bridgehead atoms. The van der Waals surface area contributed by atoms with E-state index in [0.717, 1.165) is 18.8 Å². The second-order valence-electron chi connectivity index (χ2n) is 4.79. The molecule has 0 aliphatic rings. The van der Waals surface area contributed by atoms with Gasteiger partial charge in [-0.1, -0.05) is 31.5 Å². The van der Waals surface area contributed by atoms with Crippen molar-refractivity contribution in [1.29, 1.82) is 0 Å². The third kappa shape index (κ3) is 5.75. The minimum absolute atomic E-state index is 0.348. The Kier molecular flexibility index (Phi) is 6.36. The van der Waals surface area contributed by atoms with E-state index in [1.54, 1.807) is 6.92 Å². The van der Waals surface area contributed by atoms with E-state index in [2.05, 4.69) is 4.90 Å². The molecule has 1 N–H and O–H groups in total. The van der Waals surface area contributed by atoms with Gasteiger partial charge in [0.2, 0.25) is 0 Å². The number of likely N-dealkylation sites (N-methyl/N-ethyl adjacent to an activating group) is 1. The van der Waals surface area contributed by atoms with Crippen molar-refractivity contribution in [3.8, 4) is 5.75 Å². The number of carboxylic acids is 1. The molecule has 1 atom stereocenters. The summed E-state index contributed by atoms with van der Waals surface area (Å²) in [6, 6.07) is 7.93. The van der Waals surface area contributed by atoms with Crippen LogP contribution in [0.2, 0.25) is 0 Å². The van der Waals surface area contributed by atoms with Crippen molar-refractivity contribution >= 4 is 5.97 Å². The maximum Gasteiger partial charge on any atom is 0.307 e. The van der Waals surface area contributed by atoms with Gasteiger partial charge in [-0.25, -0.2) is 0 Å². The molecule has 0 spiro atoms. The van der Waals surface area contributed by atoms with Gasteiger partial charge in [-0.3, -0.25) is 9.69 Å². The Hall–Kier alpha value is -1.55. The second-order valence-corrected chi connectivity index (χ2v) is 4.79. The molecule has 106 valence electrons. The lowest BCUT2D eigenvalue weighted by Gasteiger charge is -2.22. The van der Waals surface area contributed by atoms with Crippen LogP contribution in [0.3, 0.4) is 0 Å². The van der Waals surface area contributed by atoms with E-state index in [9.17, 15) is 4.79 Å². The molecule has 0 aliphatic carbocycles. The number of rotatable bonds is 8. The summed E-state index contributed by atoms with van der Waals surface area (Å²) < 4.78 is 5.65. The Morgan fingerprint density at radius 3 is 2.53 bits per heavy atom. The van der Waals surface area contributed by atoms with Crippen LogP contribution in [0.15, 0.2) is 24.3 Å². The van der Waals surface area contributed by atoms with Gasteiger partial charge in [0.25, 0.3) is 0 Å². The number of ether oxygens (including phenoxy) is 1. The van der Waals surface area contributed by atoms with Crippen molar-refractivity contribution in [3.05, 3.63) is 29.8 Å². The van der Waals surface area contributed by atoms with Crippen LogP contribution in [0.25, 0.3) is 0 Å². The molecule has 0 aliphatic heterocycles. The largest absolute Gasteiger partial charge is 0.492 e. The van der Waals surface area contributed by atoms with Gasteiger partial charge in [0.1, 0.15) is 12.4 Å². The first kappa shape index (κ1) is 15.5. The number of carbonyl (C=O) groups is 1. The molecule has 4 heteroatoms. The number of carboxylic acid groups (broad SMARTS) is 1. The summed E-state index contributed by atoms with van der Waals surface area (Å²) in [5, 5.41) is 8.90.